The summed E-state index contributed by atoms with van der Waals surface area (Å²) in [6.45, 7) is 0.735. The fraction of sp³-hybridized carbons (Fsp3) is 0.429. The van der Waals surface area contributed by atoms with Gasteiger partial charge in [0.05, 0.1) is 6.26 Å². The molecule has 0 N–H and O–H groups in total. The predicted octanol–water partition coefficient (Wildman–Crippen LogP) is 2.24. The highest BCUT2D eigenvalue weighted by Crippen LogP contribution is 2.08. The largest absolute Gasteiger partial charge is 0.497 e. The van der Waals surface area contributed by atoms with Crippen molar-refractivity contribution in [2.45, 2.75) is 6.42 Å². The fourth-order valence-electron chi connectivity index (χ4n) is 0.709. The molecular formula is C7H9BrO. The second-order valence-corrected chi connectivity index (χ2v) is 2.65. The first-order valence-corrected chi connectivity index (χ1v) is 4.09. The number of ether oxygens (including phenoxy) is 1. The van der Waals surface area contributed by atoms with Crippen LogP contribution in [0.2, 0.25) is 0 Å². The molecule has 0 aromatic rings. The van der Waals surface area contributed by atoms with Crippen molar-refractivity contribution < 1.29 is 4.74 Å². The molecule has 0 aromatic carbocycles. The second kappa shape index (κ2) is 3.72. The highest BCUT2D eigenvalue weighted by molar-refractivity contribution is 9.09. The topological polar surface area (TPSA) is 9.23 Å². The third-order valence-electron chi connectivity index (χ3n) is 1.20. The van der Waals surface area contributed by atoms with Crippen molar-refractivity contribution in [1.82, 2.24) is 0 Å². The van der Waals surface area contributed by atoms with Gasteiger partial charge in [-0.15, -0.1) is 0 Å². The lowest BCUT2D eigenvalue weighted by Crippen LogP contribution is -1.92. The maximum atomic E-state index is 4.97. The highest BCUT2D eigenvalue weighted by Gasteiger charge is 1.94. The molecule has 0 aliphatic carbocycles. The van der Waals surface area contributed by atoms with Crippen LogP contribution in [0.5, 0.6) is 0 Å². The first-order valence-electron chi connectivity index (χ1n) is 2.96. The zero-order valence-corrected chi connectivity index (χ0v) is 6.73. The van der Waals surface area contributed by atoms with Gasteiger partial charge in [0.2, 0.25) is 0 Å². The Morgan fingerprint density at radius 3 is 3.11 bits per heavy atom. The van der Waals surface area contributed by atoms with Gasteiger partial charge in [-0.05, 0) is 24.1 Å². The molecule has 0 unspecified atom stereocenters. The molecule has 1 rings (SSSR count). The van der Waals surface area contributed by atoms with E-state index < -0.39 is 0 Å². The van der Waals surface area contributed by atoms with E-state index in [1.165, 1.54) is 5.57 Å². The molecular weight excluding hydrogens is 180 g/mol. The Balaban J connectivity index is 2.38. The Kier molecular flexibility index (Phi) is 2.84. The Labute approximate surface area is 63.5 Å². The third kappa shape index (κ3) is 2.22. The predicted molar refractivity (Wildman–Crippen MR) is 41.6 cm³/mol. The normalized spacial score (nSPS) is 16.8. The van der Waals surface area contributed by atoms with Crippen LogP contribution in [0, 0.1) is 0 Å². The summed E-state index contributed by atoms with van der Waals surface area (Å²) in [7, 11) is 0. The Morgan fingerprint density at radius 2 is 2.56 bits per heavy atom. The van der Waals surface area contributed by atoms with E-state index in [2.05, 4.69) is 22.0 Å². The molecule has 0 saturated heterocycles. The number of rotatable bonds is 2. The molecule has 0 bridgehead atoms. The smallest absolute Gasteiger partial charge is 0.106 e. The standard InChI is InChI=1S/C7H9BrO/c8-4-1-7-2-5-9-6-3-7/h2-3,5H,1,4,6H2. The van der Waals surface area contributed by atoms with E-state index in [1.807, 2.05) is 6.08 Å². The number of halogens is 1. The van der Waals surface area contributed by atoms with Gasteiger partial charge in [-0.3, -0.25) is 0 Å². The van der Waals surface area contributed by atoms with Crippen molar-refractivity contribution >= 4 is 15.9 Å². The van der Waals surface area contributed by atoms with Crippen molar-refractivity contribution in [2.75, 3.05) is 11.9 Å². The van der Waals surface area contributed by atoms with Crippen LogP contribution < -0.4 is 0 Å². The molecule has 9 heavy (non-hydrogen) atoms. The average Bonchev–Trinajstić information content (AvgIpc) is 1.91. The van der Waals surface area contributed by atoms with Crippen LogP contribution >= 0.6 is 15.9 Å². The monoisotopic (exact) mass is 188 g/mol. The highest BCUT2D eigenvalue weighted by atomic mass is 79.9. The van der Waals surface area contributed by atoms with Gasteiger partial charge in [0.1, 0.15) is 6.61 Å². The van der Waals surface area contributed by atoms with Crippen molar-refractivity contribution in [3.63, 3.8) is 0 Å². The van der Waals surface area contributed by atoms with Crippen LogP contribution in [0.3, 0.4) is 0 Å². The van der Waals surface area contributed by atoms with Gasteiger partial charge in [-0.1, -0.05) is 15.9 Å². The summed E-state index contributed by atoms with van der Waals surface area (Å²) in [6.07, 6.45) is 6.95. The molecule has 0 radical (unpaired) electrons. The van der Waals surface area contributed by atoms with Crippen LogP contribution in [0.4, 0.5) is 0 Å². The maximum absolute atomic E-state index is 4.97. The molecule has 50 valence electrons. The van der Waals surface area contributed by atoms with Crippen LogP contribution in [-0.4, -0.2) is 11.9 Å². The van der Waals surface area contributed by atoms with E-state index in [9.17, 15) is 0 Å². The number of hydrogen-bond donors (Lipinski definition) is 0. The number of alkyl halides is 1. The summed E-state index contributed by atoms with van der Waals surface area (Å²) >= 11 is 3.37. The molecule has 0 atom stereocenters. The van der Waals surface area contributed by atoms with Gasteiger partial charge in [-0.2, -0.15) is 0 Å². The number of hydrogen-bond acceptors (Lipinski definition) is 1. The fourth-order valence-corrected chi connectivity index (χ4v) is 1.17. The van der Waals surface area contributed by atoms with Crippen LogP contribution in [-0.2, 0) is 4.74 Å². The van der Waals surface area contributed by atoms with E-state index in [0.29, 0.717) is 0 Å². The van der Waals surface area contributed by atoms with Gasteiger partial charge in [-0.25, -0.2) is 0 Å². The summed E-state index contributed by atoms with van der Waals surface area (Å²) in [6, 6.07) is 0. The second-order valence-electron chi connectivity index (χ2n) is 1.85. The SMILES string of the molecule is BrCCC1=CCOC=C1. The van der Waals surface area contributed by atoms with E-state index >= 15 is 0 Å². The summed E-state index contributed by atoms with van der Waals surface area (Å²) in [5.41, 5.74) is 1.36. The van der Waals surface area contributed by atoms with Crippen LogP contribution in [0.25, 0.3) is 0 Å². The molecule has 1 aliphatic heterocycles. The number of allylic oxidation sites excluding steroid dienone is 2. The first-order chi connectivity index (χ1) is 4.43. The summed E-state index contributed by atoms with van der Waals surface area (Å²) in [4.78, 5) is 0. The van der Waals surface area contributed by atoms with Gasteiger partial charge in [0.25, 0.3) is 0 Å². The quantitative estimate of drug-likeness (QED) is 0.605. The molecule has 1 heterocycles. The van der Waals surface area contributed by atoms with Gasteiger partial charge < -0.3 is 4.74 Å². The van der Waals surface area contributed by atoms with Crippen molar-refractivity contribution in [3.05, 3.63) is 24.0 Å². The van der Waals surface area contributed by atoms with Gasteiger partial charge in [0.15, 0.2) is 0 Å². The molecule has 0 spiro atoms. The van der Waals surface area contributed by atoms with Crippen molar-refractivity contribution in [3.8, 4) is 0 Å². The lowest BCUT2D eigenvalue weighted by molar-refractivity contribution is 0.284. The first kappa shape index (κ1) is 6.87. The zero-order valence-electron chi connectivity index (χ0n) is 5.14. The Morgan fingerprint density at radius 1 is 1.67 bits per heavy atom. The van der Waals surface area contributed by atoms with E-state index in [1.54, 1.807) is 6.26 Å². The van der Waals surface area contributed by atoms with E-state index in [4.69, 9.17) is 4.74 Å². The lowest BCUT2D eigenvalue weighted by Gasteiger charge is -2.04. The molecule has 0 amide bonds. The Bertz CT molecular complexity index is 138. The van der Waals surface area contributed by atoms with Gasteiger partial charge >= 0.3 is 0 Å². The molecule has 0 fully saturated rings. The van der Waals surface area contributed by atoms with Crippen LogP contribution in [0.1, 0.15) is 6.42 Å². The molecule has 2 heteroatoms. The van der Waals surface area contributed by atoms with Crippen molar-refractivity contribution in [2.24, 2.45) is 0 Å². The molecule has 0 saturated carbocycles. The lowest BCUT2D eigenvalue weighted by atomic mass is 10.2. The zero-order chi connectivity index (χ0) is 6.53. The van der Waals surface area contributed by atoms with Gasteiger partial charge in [0, 0.05) is 5.33 Å². The summed E-state index contributed by atoms with van der Waals surface area (Å²) in [5.74, 6) is 0. The minimum Gasteiger partial charge on any atom is -0.497 e. The minimum atomic E-state index is 0.735. The summed E-state index contributed by atoms with van der Waals surface area (Å²) in [5, 5.41) is 1.03. The molecule has 1 nitrogen and oxygen atoms in total. The van der Waals surface area contributed by atoms with Crippen LogP contribution in [0.15, 0.2) is 24.0 Å². The van der Waals surface area contributed by atoms with E-state index in [0.717, 1.165) is 18.4 Å². The third-order valence-corrected chi connectivity index (χ3v) is 1.60. The maximum Gasteiger partial charge on any atom is 0.106 e. The minimum absolute atomic E-state index is 0.735. The molecule has 1 aliphatic rings. The summed E-state index contributed by atoms with van der Waals surface area (Å²) < 4.78 is 4.97. The average molecular weight is 189 g/mol. The van der Waals surface area contributed by atoms with Crippen molar-refractivity contribution in [1.29, 1.82) is 0 Å². The molecule has 0 aromatic heterocycles. The van der Waals surface area contributed by atoms with E-state index in [-0.39, 0.29) is 0 Å². The Hall–Kier alpha value is -0.240.